The number of aromatic amines is 1. The molecule has 3 rings (SSSR count). The van der Waals surface area contributed by atoms with Gasteiger partial charge in [0, 0.05) is 31.7 Å². The number of hydrogen-bond donors (Lipinski definition) is 3. The standard InChI is InChI=1S/C18H21FN4O2/c1-11-3-8-15(17(24)21-11)18(25)23(2)10-13-9-20-22-16(13)12-4-6-14(19)7-5-12/h3-8,13,16,20,22H,9-10H2,1-2H3,(H,21,24). The Hall–Kier alpha value is -2.51. The van der Waals surface area contributed by atoms with E-state index in [1.807, 2.05) is 0 Å². The third-order valence-electron chi connectivity index (χ3n) is 4.46. The molecule has 3 N–H and O–H groups in total. The largest absolute Gasteiger partial charge is 0.341 e. The van der Waals surface area contributed by atoms with E-state index in [1.165, 1.54) is 12.1 Å². The molecular formula is C18H21FN4O2. The van der Waals surface area contributed by atoms with Crippen molar-refractivity contribution in [3.8, 4) is 0 Å². The average molecular weight is 344 g/mol. The minimum atomic E-state index is -0.380. The first-order valence-electron chi connectivity index (χ1n) is 8.15. The molecule has 0 saturated carbocycles. The molecule has 1 aromatic carbocycles. The number of aromatic nitrogens is 1. The lowest BCUT2D eigenvalue weighted by molar-refractivity contribution is 0.0769. The summed E-state index contributed by atoms with van der Waals surface area (Å²) in [6.45, 7) is 2.90. The van der Waals surface area contributed by atoms with Gasteiger partial charge in [-0.05, 0) is 36.8 Å². The van der Waals surface area contributed by atoms with Gasteiger partial charge in [-0.15, -0.1) is 0 Å². The lowest BCUT2D eigenvalue weighted by Gasteiger charge is -2.25. The Morgan fingerprint density at radius 1 is 1.24 bits per heavy atom. The predicted molar refractivity (Wildman–Crippen MR) is 92.5 cm³/mol. The highest BCUT2D eigenvalue weighted by Gasteiger charge is 2.30. The van der Waals surface area contributed by atoms with Crippen LogP contribution in [0.5, 0.6) is 0 Å². The molecule has 2 heterocycles. The summed E-state index contributed by atoms with van der Waals surface area (Å²) in [5.41, 5.74) is 7.67. The van der Waals surface area contributed by atoms with Crippen LogP contribution >= 0.6 is 0 Å². The second kappa shape index (κ2) is 7.16. The van der Waals surface area contributed by atoms with Crippen LogP contribution in [-0.2, 0) is 0 Å². The summed E-state index contributed by atoms with van der Waals surface area (Å²) in [6.07, 6.45) is 0. The lowest BCUT2D eigenvalue weighted by atomic mass is 9.94. The Morgan fingerprint density at radius 2 is 1.96 bits per heavy atom. The Labute approximate surface area is 145 Å². The number of nitrogens with one attached hydrogen (secondary N) is 3. The first kappa shape index (κ1) is 17.3. The highest BCUT2D eigenvalue weighted by molar-refractivity contribution is 5.93. The van der Waals surface area contributed by atoms with Crippen LogP contribution in [0.4, 0.5) is 4.39 Å². The fraction of sp³-hybridized carbons (Fsp3) is 0.333. The maximum absolute atomic E-state index is 13.1. The molecule has 1 aromatic heterocycles. The van der Waals surface area contributed by atoms with E-state index in [2.05, 4.69) is 15.8 Å². The van der Waals surface area contributed by atoms with Crippen molar-refractivity contribution in [2.24, 2.45) is 5.92 Å². The molecule has 0 aliphatic carbocycles. The zero-order valence-electron chi connectivity index (χ0n) is 14.2. The number of pyridine rings is 1. The van der Waals surface area contributed by atoms with E-state index in [0.29, 0.717) is 18.8 Å². The van der Waals surface area contributed by atoms with Crippen molar-refractivity contribution in [3.05, 3.63) is 69.4 Å². The molecule has 2 unspecified atom stereocenters. The van der Waals surface area contributed by atoms with E-state index in [1.54, 1.807) is 43.1 Å². The van der Waals surface area contributed by atoms with E-state index < -0.39 is 0 Å². The van der Waals surface area contributed by atoms with Crippen molar-refractivity contribution in [1.82, 2.24) is 20.7 Å². The Kier molecular flexibility index (Phi) is 4.96. The van der Waals surface area contributed by atoms with Crippen LogP contribution in [-0.4, -0.2) is 35.9 Å². The van der Waals surface area contributed by atoms with Gasteiger partial charge in [0.1, 0.15) is 11.4 Å². The number of H-pyrrole nitrogens is 1. The highest BCUT2D eigenvalue weighted by Crippen LogP contribution is 2.25. The summed E-state index contributed by atoms with van der Waals surface area (Å²) < 4.78 is 13.1. The van der Waals surface area contributed by atoms with Gasteiger partial charge in [-0.1, -0.05) is 12.1 Å². The summed E-state index contributed by atoms with van der Waals surface area (Å²) in [4.78, 5) is 28.7. The third kappa shape index (κ3) is 3.78. The van der Waals surface area contributed by atoms with Crippen molar-refractivity contribution in [2.45, 2.75) is 13.0 Å². The SMILES string of the molecule is Cc1ccc(C(=O)N(C)CC2CNNC2c2ccc(F)cc2)c(=O)[nH]1. The number of carbonyl (C=O) groups excluding carboxylic acids is 1. The average Bonchev–Trinajstić information content (AvgIpc) is 3.03. The maximum atomic E-state index is 13.1. The van der Waals surface area contributed by atoms with Crippen molar-refractivity contribution in [1.29, 1.82) is 0 Å². The van der Waals surface area contributed by atoms with Gasteiger partial charge in [0.25, 0.3) is 11.5 Å². The third-order valence-corrected chi connectivity index (χ3v) is 4.46. The first-order valence-corrected chi connectivity index (χ1v) is 8.15. The Morgan fingerprint density at radius 3 is 2.64 bits per heavy atom. The zero-order chi connectivity index (χ0) is 18.0. The van der Waals surface area contributed by atoms with Crippen molar-refractivity contribution in [2.75, 3.05) is 20.1 Å². The van der Waals surface area contributed by atoms with Gasteiger partial charge in [0.15, 0.2) is 0 Å². The molecule has 25 heavy (non-hydrogen) atoms. The maximum Gasteiger partial charge on any atom is 0.260 e. The fourth-order valence-electron chi connectivity index (χ4n) is 3.11. The van der Waals surface area contributed by atoms with Crippen molar-refractivity contribution in [3.63, 3.8) is 0 Å². The van der Waals surface area contributed by atoms with Crippen LogP contribution in [0, 0.1) is 18.7 Å². The molecule has 132 valence electrons. The van der Waals surface area contributed by atoms with Gasteiger partial charge < -0.3 is 9.88 Å². The van der Waals surface area contributed by atoms with E-state index in [4.69, 9.17) is 0 Å². The van der Waals surface area contributed by atoms with Gasteiger partial charge in [-0.2, -0.15) is 0 Å². The van der Waals surface area contributed by atoms with Gasteiger partial charge in [-0.3, -0.25) is 15.0 Å². The Bertz CT molecular complexity index is 819. The van der Waals surface area contributed by atoms with Crippen LogP contribution in [0.15, 0.2) is 41.2 Å². The number of rotatable bonds is 4. The summed E-state index contributed by atoms with van der Waals surface area (Å²) in [5, 5.41) is 0. The molecule has 0 radical (unpaired) electrons. The first-order chi connectivity index (χ1) is 12.0. The highest BCUT2D eigenvalue weighted by atomic mass is 19.1. The second-order valence-electron chi connectivity index (χ2n) is 6.38. The molecule has 0 spiro atoms. The van der Waals surface area contributed by atoms with Crippen molar-refractivity contribution >= 4 is 5.91 Å². The fourth-order valence-corrected chi connectivity index (χ4v) is 3.11. The van der Waals surface area contributed by atoms with E-state index >= 15 is 0 Å². The molecule has 2 atom stereocenters. The summed E-state index contributed by atoms with van der Waals surface area (Å²) in [6, 6.07) is 9.55. The number of hydrazine groups is 1. The van der Waals surface area contributed by atoms with Crippen LogP contribution in [0.3, 0.4) is 0 Å². The molecule has 2 aromatic rings. The monoisotopic (exact) mass is 344 g/mol. The number of halogens is 1. The number of amides is 1. The second-order valence-corrected chi connectivity index (χ2v) is 6.38. The van der Waals surface area contributed by atoms with Gasteiger partial charge in [0.2, 0.25) is 0 Å². The van der Waals surface area contributed by atoms with Crippen LogP contribution < -0.4 is 16.4 Å². The van der Waals surface area contributed by atoms with Crippen molar-refractivity contribution < 1.29 is 9.18 Å². The lowest BCUT2D eigenvalue weighted by Crippen LogP contribution is -2.37. The molecule has 0 bridgehead atoms. The normalized spacial score (nSPS) is 19.8. The van der Waals surface area contributed by atoms with Crippen LogP contribution in [0.2, 0.25) is 0 Å². The zero-order valence-corrected chi connectivity index (χ0v) is 14.2. The molecule has 1 amide bonds. The minimum Gasteiger partial charge on any atom is -0.341 e. The van der Waals surface area contributed by atoms with E-state index in [9.17, 15) is 14.0 Å². The Balaban J connectivity index is 1.73. The molecule has 1 saturated heterocycles. The smallest absolute Gasteiger partial charge is 0.260 e. The number of hydrogen-bond acceptors (Lipinski definition) is 4. The molecule has 7 heteroatoms. The summed E-state index contributed by atoms with van der Waals surface area (Å²) in [5.74, 6) is -0.493. The van der Waals surface area contributed by atoms with Gasteiger partial charge in [0.05, 0.1) is 6.04 Å². The molecule has 6 nitrogen and oxygen atoms in total. The molecule has 1 fully saturated rings. The van der Waals surface area contributed by atoms with E-state index in [0.717, 1.165) is 5.56 Å². The van der Waals surface area contributed by atoms with Crippen LogP contribution in [0.25, 0.3) is 0 Å². The number of nitrogens with zero attached hydrogens (tertiary/aromatic N) is 1. The quantitative estimate of drug-likeness (QED) is 0.783. The number of carbonyl (C=O) groups is 1. The van der Waals surface area contributed by atoms with Crippen LogP contribution in [0.1, 0.15) is 27.7 Å². The topological polar surface area (TPSA) is 77.2 Å². The molecule has 1 aliphatic rings. The number of benzene rings is 1. The minimum absolute atomic E-state index is 0.0350. The van der Waals surface area contributed by atoms with E-state index in [-0.39, 0.29) is 34.8 Å². The molecule has 1 aliphatic heterocycles. The van der Waals surface area contributed by atoms with Gasteiger partial charge >= 0.3 is 0 Å². The molecular weight excluding hydrogens is 323 g/mol. The predicted octanol–water partition coefficient (Wildman–Crippen LogP) is 1.36. The number of aryl methyl sites for hydroxylation is 1. The summed E-state index contributed by atoms with van der Waals surface area (Å²) >= 11 is 0. The summed E-state index contributed by atoms with van der Waals surface area (Å²) in [7, 11) is 1.68. The van der Waals surface area contributed by atoms with Gasteiger partial charge in [-0.25, -0.2) is 9.82 Å².